The second kappa shape index (κ2) is 8.13. The number of rotatable bonds is 5. The van der Waals surface area contributed by atoms with Gasteiger partial charge in [0.25, 0.3) is 0 Å². The Morgan fingerprint density at radius 2 is 1.59 bits per heavy atom. The van der Waals surface area contributed by atoms with Crippen LogP contribution in [0.25, 0.3) is 21.8 Å². The van der Waals surface area contributed by atoms with Crippen molar-refractivity contribution in [3.8, 4) is 0 Å². The molecule has 4 heteroatoms. The molecule has 0 unspecified atom stereocenters. The maximum Gasteiger partial charge on any atom is 0.418 e. The van der Waals surface area contributed by atoms with Gasteiger partial charge in [-0.2, -0.15) is 0 Å². The molecule has 1 aliphatic heterocycles. The third-order valence-electron chi connectivity index (χ3n) is 5.74. The zero-order chi connectivity index (χ0) is 18.6. The monoisotopic (exact) mass is 364 g/mol. The highest BCUT2D eigenvalue weighted by atomic mass is 16.5. The Labute approximate surface area is 160 Å². The number of unbranched alkanes of at least 4 members (excludes halogenated alkanes) is 1. The molecule has 4 rings (SSSR count). The second-order valence-corrected chi connectivity index (χ2v) is 7.59. The summed E-state index contributed by atoms with van der Waals surface area (Å²) in [5, 5.41) is 2.18. The Hall–Kier alpha value is -2.33. The second-order valence-electron chi connectivity index (χ2n) is 7.59. The van der Waals surface area contributed by atoms with E-state index in [9.17, 15) is 4.79 Å². The quantitative estimate of drug-likeness (QED) is 0.617. The minimum atomic E-state index is -0.263. The highest BCUT2D eigenvalue weighted by Crippen LogP contribution is 2.29. The van der Waals surface area contributed by atoms with Crippen LogP contribution in [0.1, 0.15) is 32.6 Å². The number of carbonyl (C=O) groups is 1. The Balaban J connectivity index is 1.45. The summed E-state index contributed by atoms with van der Waals surface area (Å²) in [5.41, 5.74) is 1.83. The molecule has 0 spiro atoms. The number of nitrogens with zero attached hydrogens (tertiary/aromatic N) is 2. The van der Waals surface area contributed by atoms with Crippen molar-refractivity contribution in [1.29, 1.82) is 0 Å². The van der Waals surface area contributed by atoms with Crippen molar-refractivity contribution in [2.75, 3.05) is 26.2 Å². The van der Waals surface area contributed by atoms with E-state index >= 15 is 0 Å². The van der Waals surface area contributed by atoms with Crippen molar-refractivity contribution in [3.05, 3.63) is 48.5 Å². The molecule has 0 radical (unpaired) electrons. The van der Waals surface area contributed by atoms with E-state index in [2.05, 4.69) is 24.0 Å². The van der Waals surface area contributed by atoms with Gasteiger partial charge in [-0.1, -0.05) is 49.7 Å². The molecule has 0 atom stereocenters. The zero-order valence-electron chi connectivity index (χ0n) is 16.1. The van der Waals surface area contributed by atoms with Gasteiger partial charge < -0.3 is 9.64 Å². The fourth-order valence-corrected chi connectivity index (χ4v) is 4.13. The van der Waals surface area contributed by atoms with Gasteiger partial charge in [0.1, 0.15) is 0 Å². The van der Waals surface area contributed by atoms with E-state index in [1.54, 1.807) is 4.57 Å². The number of benzene rings is 2. The van der Waals surface area contributed by atoms with Gasteiger partial charge in [-0.25, -0.2) is 9.36 Å². The summed E-state index contributed by atoms with van der Waals surface area (Å²) in [6.07, 6.45) is 4.48. The van der Waals surface area contributed by atoms with Crippen molar-refractivity contribution < 1.29 is 9.53 Å². The lowest BCUT2D eigenvalue weighted by atomic mass is 9.98. The molecular formula is C23H28N2O2. The molecular weight excluding hydrogens is 336 g/mol. The number of para-hydroxylation sites is 2. The number of fused-ring (bicyclic) bond motifs is 3. The van der Waals surface area contributed by atoms with Gasteiger partial charge >= 0.3 is 6.09 Å². The summed E-state index contributed by atoms with van der Waals surface area (Å²) in [7, 11) is 0. The fourth-order valence-electron chi connectivity index (χ4n) is 4.13. The van der Waals surface area contributed by atoms with Gasteiger partial charge in [-0.3, -0.25) is 0 Å². The van der Waals surface area contributed by atoms with Crippen molar-refractivity contribution in [3.63, 3.8) is 0 Å². The molecule has 0 bridgehead atoms. The molecule has 0 amide bonds. The summed E-state index contributed by atoms with van der Waals surface area (Å²) in [6, 6.07) is 16.1. The largest absolute Gasteiger partial charge is 0.449 e. The van der Waals surface area contributed by atoms with E-state index in [-0.39, 0.29) is 6.09 Å². The van der Waals surface area contributed by atoms with Gasteiger partial charge in [0.05, 0.1) is 17.6 Å². The number of ether oxygens (including phenoxy) is 1. The van der Waals surface area contributed by atoms with Gasteiger partial charge in [-0.05, 0) is 56.9 Å². The van der Waals surface area contributed by atoms with E-state index in [0.717, 1.165) is 47.7 Å². The van der Waals surface area contributed by atoms with Gasteiger partial charge in [-0.15, -0.1) is 0 Å². The summed E-state index contributed by atoms with van der Waals surface area (Å²) >= 11 is 0. The van der Waals surface area contributed by atoms with Gasteiger partial charge in [0.2, 0.25) is 0 Å². The van der Waals surface area contributed by atoms with E-state index in [1.165, 1.54) is 19.4 Å². The molecule has 4 nitrogen and oxygen atoms in total. The average molecular weight is 364 g/mol. The molecule has 0 saturated carbocycles. The van der Waals surface area contributed by atoms with Crippen LogP contribution in [0.4, 0.5) is 4.79 Å². The Morgan fingerprint density at radius 3 is 2.19 bits per heavy atom. The van der Waals surface area contributed by atoms with Crippen molar-refractivity contribution in [2.45, 2.75) is 32.6 Å². The van der Waals surface area contributed by atoms with Crippen LogP contribution in [-0.4, -0.2) is 41.8 Å². The fraction of sp³-hybridized carbons (Fsp3) is 0.435. The van der Waals surface area contributed by atoms with Crippen molar-refractivity contribution >= 4 is 27.9 Å². The SMILES string of the molecule is CCCCN1CCC(COC(=O)n2c3ccccc3c3ccccc32)CC1. The Morgan fingerprint density at radius 1 is 1.00 bits per heavy atom. The summed E-state index contributed by atoms with van der Waals surface area (Å²) in [5.74, 6) is 0.472. The number of hydrogen-bond donors (Lipinski definition) is 0. The van der Waals surface area contributed by atoms with E-state index in [0.29, 0.717) is 12.5 Å². The molecule has 27 heavy (non-hydrogen) atoms. The first-order valence-electron chi connectivity index (χ1n) is 10.2. The maximum atomic E-state index is 12.9. The zero-order valence-corrected chi connectivity index (χ0v) is 16.1. The topological polar surface area (TPSA) is 34.5 Å². The van der Waals surface area contributed by atoms with Crippen molar-refractivity contribution in [1.82, 2.24) is 9.47 Å². The summed E-state index contributed by atoms with van der Waals surface area (Å²) in [4.78, 5) is 15.4. The molecule has 1 fully saturated rings. The summed E-state index contributed by atoms with van der Waals surface area (Å²) in [6.45, 7) is 6.20. The molecule has 1 saturated heterocycles. The number of aromatic nitrogens is 1. The van der Waals surface area contributed by atoms with E-state index in [1.807, 2.05) is 36.4 Å². The highest BCUT2D eigenvalue weighted by molar-refractivity contribution is 6.12. The van der Waals surface area contributed by atoms with Crippen LogP contribution in [0.2, 0.25) is 0 Å². The molecule has 0 N–H and O–H groups in total. The van der Waals surface area contributed by atoms with Crippen molar-refractivity contribution in [2.24, 2.45) is 5.92 Å². The predicted octanol–water partition coefficient (Wildman–Crippen LogP) is 5.29. The number of hydrogen-bond acceptors (Lipinski definition) is 3. The lowest BCUT2D eigenvalue weighted by Gasteiger charge is -2.31. The van der Waals surface area contributed by atoms with Crippen LogP contribution >= 0.6 is 0 Å². The van der Waals surface area contributed by atoms with Gasteiger partial charge in [0.15, 0.2) is 0 Å². The smallest absolute Gasteiger partial charge is 0.418 e. The number of likely N-dealkylation sites (tertiary alicyclic amines) is 1. The molecule has 1 aromatic heterocycles. The van der Waals surface area contributed by atoms with E-state index < -0.39 is 0 Å². The van der Waals surface area contributed by atoms with Crippen LogP contribution in [0.5, 0.6) is 0 Å². The summed E-state index contributed by atoms with van der Waals surface area (Å²) < 4.78 is 7.49. The van der Waals surface area contributed by atoms with E-state index in [4.69, 9.17) is 4.74 Å². The lowest BCUT2D eigenvalue weighted by Crippen LogP contribution is -2.36. The highest BCUT2D eigenvalue weighted by Gasteiger charge is 2.22. The number of piperidine rings is 1. The molecule has 2 aromatic carbocycles. The average Bonchev–Trinajstić information content (AvgIpc) is 3.06. The van der Waals surface area contributed by atoms with Crippen LogP contribution in [-0.2, 0) is 4.74 Å². The predicted molar refractivity (Wildman–Crippen MR) is 110 cm³/mol. The maximum absolute atomic E-state index is 12.9. The minimum absolute atomic E-state index is 0.263. The number of carbonyl (C=O) groups excluding carboxylic acids is 1. The standard InChI is InChI=1S/C23H28N2O2/c1-2-3-14-24-15-12-18(13-16-24)17-27-23(26)25-21-10-6-4-8-19(21)20-9-5-7-11-22(20)25/h4-11,18H,2-3,12-17H2,1H3. The lowest BCUT2D eigenvalue weighted by molar-refractivity contribution is 0.0980. The van der Waals surface area contributed by atoms with Gasteiger partial charge in [0, 0.05) is 10.8 Å². The van der Waals surface area contributed by atoms with Crippen LogP contribution in [0.15, 0.2) is 48.5 Å². The normalized spacial score (nSPS) is 16.2. The van der Waals surface area contributed by atoms with Crippen LogP contribution in [0, 0.1) is 5.92 Å². The first kappa shape index (κ1) is 18.1. The van der Waals surface area contributed by atoms with Crippen LogP contribution < -0.4 is 0 Å². The molecule has 2 heterocycles. The molecule has 142 valence electrons. The third kappa shape index (κ3) is 3.72. The molecule has 0 aliphatic carbocycles. The Bertz CT molecular complexity index is 869. The minimum Gasteiger partial charge on any atom is -0.449 e. The third-order valence-corrected chi connectivity index (χ3v) is 5.74. The molecule has 1 aliphatic rings. The first-order chi connectivity index (χ1) is 13.3. The Kier molecular flexibility index (Phi) is 5.44. The van der Waals surface area contributed by atoms with Crippen LogP contribution in [0.3, 0.4) is 0 Å². The first-order valence-corrected chi connectivity index (χ1v) is 10.2. The molecule has 3 aromatic rings.